The fourth-order valence-electron chi connectivity index (χ4n) is 1.29. The number of carboxylic acid groups (broad SMARTS) is 1. The highest BCUT2D eigenvalue weighted by Crippen LogP contribution is 2.11. The molecule has 0 unspecified atom stereocenters. The van der Waals surface area contributed by atoms with Gasteiger partial charge in [0, 0.05) is 11.1 Å². The van der Waals surface area contributed by atoms with Gasteiger partial charge in [0.1, 0.15) is 7.11 Å². The number of nitrogens with zero attached hydrogens (tertiary/aromatic N) is 1. The van der Waals surface area contributed by atoms with E-state index in [1.807, 2.05) is 0 Å². The number of Topliss-reactive ketones (excluding diaryl/α,β-unsaturated/α-hetero) is 1. The number of carboxylic acids is 1. The molecule has 5 nitrogen and oxygen atoms in total. The monoisotopic (exact) mass is 221 g/mol. The number of hydrogen-bond acceptors (Lipinski definition) is 4. The zero-order chi connectivity index (χ0) is 12.1. The maximum Gasteiger partial charge on any atom is 0.358 e. The molecule has 0 radical (unpaired) electrons. The number of oxime groups is 1. The van der Waals surface area contributed by atoms with E-state index < -0.39 is 5.97 Å². The van der Waals surface area contributed by atoms with Crippen LogP contribution in [-0.4, -0.2) is 29.7 Å². The van der Waals surface area contributed by atoms with Crippen LogP contribution < -0.4 is 0 Å². The molecule has 0 saturated heterocycles. The first-order chi connectivity index (χ1) is 7.57. The minimum atomic E-state index is -1.24. The maximum absolute atomic E-state index is 11.3. The zero-order valence-electron chi connectivity index (χ0n) is 8.93. The summed E-state index contributed by atoms with van der Waals surface area (Å²) in [6.45, 7) is 1.37. The lowest BCUT2D eigenvalue weighted by molar-refractivity contribution is -0.129. The predicted octanol–water partition coefficient (Wildman–Crippen LogP) is 1.32. The van der Waals surface area contributed by atoms with Crippen molar-refractivity contribution >= 4 is 17.5 Å². The van der Waals surface area contributed by atoms with E-state index in [2.05, 4.69) is 9.99 Å². The molecule has 1 N–H and O–H groups in total. The number of ketones is 1. The van der Waals surface area contributed by atoms with Crippen LogP contribution in [0.1, 0.15) is 22.8 Å². The average molecular weight is 221 g/mol. The molecule has 0 atom stereocenters. The summed E-state index contributed by atoms with van der Waals surface area (Å²) in [6, 6.07) is 6.36. The molecule has 1 aromatic rings. The van der Waals surface area contributed by atoms with E-state index in [-0.39, 0.29) is 17.1 Å². The second kappa shape index (κ2) is 5.06. The van der Waals surface area contributed by atoms with Crippen molar-refractivity contribution in [3.05, 3.63) is 35.4 Å². The van der Waals surface area contributed by atoms with E-state index in [4.69, 9.17) is 5.11 Å². The van der Waals surface area contributed by atoms with Crippen molar-refractivity contribution in [2.45, 2.75) is 6.92 Å². The van der Waals surface area contributed by atoms with Gasteiger partial charge in [-0.2, -0.15) is 0 Å². The average Bonchev–Trinajstić information content (AvgIpc) is 2.25. The lowest BCUT2D eigenvalue weighted by Gasteiger charge is -2.05. The minimum absolute atomic E-state index is 0.222. The topological polar surface area (TPSA) is 76.0 Å². The normalized spacial score (nSPS) is 11.0. The lowest BCUT2D eigenvalue weighted by atomic mass is 10.0. The summed E-state index contributed by atoms with van der Waals surface area (Å²) in [5.74, 6) is -1.46. The Morgan fingerprint density at radius 1 is 1.25 bits per heavy atom. The van der Waals surface area contributed by atoms with E-state index in [0.29, 0.717) is 5.56 Å². The quantitative estimate of drug-likeness (QED) is 0.472. The molecule has 0 aliphatic heterocycles. The molecule has 0 aliphatic rings. The third-order valence-corrected chi connectivity index (χ3v) is 1.95. The molecule has 1 aromatic carbocycles. The summed E-state index contributed by atoms with van der Waals surface area (Å²) in [7, 11) is 1.25. The van der Waals surface area contributed by atoms with Crippen LogP contribution in [0.4, 0.5) is 0 Å². The second-order valence-electron chi connectivity index (χ2n) is 3.03. The fourth-order valence-corrected chi connectivity index (χ4v) is 1.29. The van der Waals surface area contributed by atoms with E-state index in [1.165, 1.54) is 20.1 Å². The first kappa shape index (κ1) is 11.9. The Balaban J connectivity index is 3.35. The molecule has 5 heteroatoms. The van der Waals surface area contributed by atoms with Crippen molar-refractivity contribution < 1.29 is 19.5 Å². The first-order valence-electron chi connectivity index (χ1n) is 4.52. The fraction of sp³-hybridized carbons (Fsp3) is 0.182. The summed E-state index contributed by atoms with van der Waals surface area (Å²) in [5, 5.41) is 12.3. The highest BCUT2D eigenvalue weighted by molar-refractivity contribution is 6.43. The third kappa shape index (κ3) is 2.44. The molecule has 0 heterocycles. The van der Waals surface area contributed by atoms with Gasteiger partial charge in [0.05, 0.1) is 0 Å². The molecule has 1 rings (SSSR count). The second-order valence-corrected chi connectivity index (χ2v) is 3.03. The molecule has 0 saturated carbocycles. The SMILES string of the molecule is CON=C(C(=O)O)c1ccccc1C(C)=O. The molecule has 0 spiro atoms. The largest absolute Gasteiger partial charge is 0.476 e. The van der Waals surface area contributed by atoms with E-state index >= 15 is 0 Å². The van der Waals surface area contributed by atoms with E-state index in [9.17, 15) is 9.59 Å². The van der Waals surface area contributed by atoms with Gasteiger partial charge in [0.25, 0.3) is 0 Å². The first-order valence-corrected chi connectivity index (χ1v) is 4.52. The third-order valence-electron chi connectivity index (χ3n) is 1.95. The number of rotatable bonds is 4. The molecule has 16 heavy (non-hydrogen) atoms. The van der Waals surface area contributed by atoms with Crippen LogP contribution in [0.2, 0.25) is 0 Å². The van der Waals surface area contributed by atoms with Gasteiger partial charge in [0.15, 0.2) is 11.5 Å². The van der Waals surface area contributed by atoms with Crippen LogP contribution in [0.15, 0.2) is 29.4 Å². The Morgan fingerprint density at radius 2 is 1.81 bits per heavy atom. The van der Waals surface area contributed by atoms with Gasteiger partial charge in [0.2, 0.25) is 0 Å². The van der Waals surface area contributed by atoms with Crippen LogP contribution in [-0.2, 0) is 9.63 Å². The lowest BCUT2D eigenvalue weighted by Crippen LogP contribution is -2.18. The molecule has 0 aromatic heterocycles. The van der Waals surface area contributed by atoms with Gasteiger partial charge < -0.3 is 9.94 Å². The van der Waals surface area contributed by atoms with Crippen molar-refractivity contribution in [2.24, 2.45) is 5.16 Å². The summed E-state index contributed by atoms with van der Waals surface area (Å²) >= 11 is 0. The van der Waals surface area contributed by atoms with Gasteiger partial charge in [-0.05, 0) is 6.92 Å². The van der Waals surface area contributed by atoms with Crippen molar-refractivity contribution in [2.75, 3.05) is 7.11 Å². The van der Waals surface area contributed by atoms with Gasteiger partial charge in [-0.25, -0.2) is 4.79 Å². The van der Waals surface area contributed by atoms with Gasteiger partial charge >= 0.3 is 5.97 Å². The minimum Gasteiger partial charge on any atom is -0.476 e. The molecule has 0 bridgehead atoms. The van der Waals surface area contributed by atoms with Crippen LogP contribution in [0.5, 0.6) is 0 Å². The number of aliphatic carboxylic acids is 1. The number of carbonyl (C=O) groups is 2. The van der Waals surface area contributed by atoms with E-state index in [1.54, 1.807) is 18.2 Å². The molecule has 0 fully saturated rings. The Morgan fingerprint density at radius 3 is 2.25 bits per heavy atom. The number of benzene rings is 1. The molecular formula is C11H11NO4. The molecule has 0 aliphatic carbocycles. The Labute approximate surface area is 92.3 Å². The standard InChI is InChI=1S/C11H11NO4/c1-7(13)8-5-3-4-6-9(8)10(11(14)15)12-16-2/h3-6H,1-2H3,(H,14,15). The summed E-state index contributed by atoms with van der Waals surface area (Å²) in [6.07, 6.45) is 0. The summed E-state index contributed by atoms with van der Waals surface area (Å²) in [5.41, 5.74) is 0.276. The summed E-state index contributed by atoms with van der Waals surface area (Å²) < 4.78 is 0. The Bertz CT molecular complexity index is 451. The number of carbonyl (C=O) groups excluding carboxylic acids is 1. The van der Waals surface area contributed by atoms with Gasteiger partial charge in [-0.15, -0.1) is 0 Å². The molecule has 0 amide bonds. The Hall–Kier alpha value is -2.17. The van der Waals surface area contributed by atoms with Crippen molar-refractivity contribution in [1.29, 1.82) is 0 Å². The van der Waals surface area contributed by atoms with Crippen LogP contribution in [0.3, 0.4) is 0 Å². The maximum atomic E-state index is 11.3. The summed E-state index contributed by atoms with van der Waals surface area (Å²) in [4.78, 5) is 26.7. The molecular weight excluding hydrogens is 210 g/mol. The smallest absolute Gasteiger partial charge is 0.358 e. The molecule has 84 valence electrons. The van der Waals surface area contributed by atoms with Crippen molar-refractivity contribution in [1.82, 2.24) is 0 Å². The zero-order valence-corrected chi connectivity index (χ0v) is 8.93. The predicted molar refractivity (Wildman–Crippen MR) is 57.6 cm³/mol. The van der Waals surface area contributed by atoms with Crippen LogP contribution >= 0.6 is 0 Å². The van der Waals surface area contributed by atoms with Crippen molar-refractivity contribution in [3.8, 4) is 0 Å². The van der Waals surface area contributed by atoms with Gasteiger partial charge in [-0.1, -0.05) is 29.4 Å². The van der Waals surface area contributed by atoms with E-state index in [0.717, 1.165) is 0 Å². The van der Waals surface area contributed by atoms with Crippen LogP contribution in [0, 0.1) is 0 Å². The van der Waals surface area contributed by atoms with Crippen LogP contribution in [0.25, 0.3) is 0 Å². The van der Waals surface area contributed by atoms with Gasteiger partial charge in [-0.3, -0.25) is 4.79 Å². The highest BCUT2D eigenvalue weighted by Gasteiger charge is 2.18. The number of hydrogen-bond donors (Lipinski definition) is 1. The Kier molecular flexibility index (Phi) is 3.77. The highest BCUT2D eigenvalue weighted by atomic mass is 16.6. The van der Waals surface area contributed by atoms with Crippen molar-refractivity contribution in [3.63, 3.8) is 0 Å².